The molecule has 1 rings (SSSR count). The van der Waals surface area contributed by atoms with Crippen LogP contribution in [-0.2, 0) is 27.8 Å². The molecule has 0 bridgehead atoms. The van der Waals surface area contributed by atoms with Crippen LogP contribution >= 0.6 is 0 Å². The first-order chi connectivity index (χ1) is 9.08. The lowest BCUT2D eigenvalue weighted by atomic mass is 10.3. The molecule has 0 aliphatic heterocycles. The summed E-state index contributed by atoms with van der Waals surface area (Å²) in [4.78, 5) is 15.8. The van der Waals surface area contributed by atoms with Gasteiger partial charge >= 0.3 is 0 Å². The highest BCUT2D eigenvalue weighted by Crippen LogP contribution is 2.06. The van der Waals surface area contributed by atoms with Crippen molar-refractivity contribution in [1.82, 2.24) is 15.5 Å². The van der Waals surface area contributed by atoms with Crippen molar-refractivity contribution in [3.8, 4) is 0 Å². The zero-order valence-electron chi connectivity index (χ0n) is 11.6. The second-order valence-corrected chi connectivity index (χ2v) is 6.07. The molecule has 108 valence electrons. The molecule has 0 unspecified atom stereocenters. The molecule has 19 heavy (non-hydrogen) atoms. The molecular formula is C12H21N3O3S. The quantitative estimate of drug-likeness (QED) is 0.776. The number of nitrogens with zero attached hydrogens (tertiary/aromatic N) is 2. The normalized spacial score (nSPS) is 14.1. The van der Waals surface area contributed by atoms with Crippen molar-refractivity contribution in [2.24, 2.45) is 0 Å². The first kappa shape index (κ1) is 15.8. The van der Waals surface area contributed by atoms with Gasteiger partial charge in [-0.05, 0) is 19.8 Å². The number of carbonyl (C=O) groups is 1. The van der Waals surface area contributed by atoms with Gasteiger partial charge in [0.25, 0.3) is 0 Å². The number of nitrogens with one attached hydrogen (secondary N) is 1. The number of hydrogen-bond acceptors (Lipinski definition) is 5. The van der Waals surface area contributed by atoms with E-state index < -0.39 is 16.0 Å². The molecule has 0 aliphatic rings. The lowest BCUT2D eigenvalue weighted by Gasteiger charge is -2.10. The molecule has 0 saturated heterocycles. The Hall–Kier alpha value is -1.24. The topological polar surface area (TPSA) is 85.1 Å². The van der Waals surface area contributed by atoms with Crippen LogP contribution in [0.4, 0.5) is 0 Å². The molecule has 1 N–H and O–H groups in total. The second kappa shape index (κ2) is 8.04. The lowest BCUT2D eigenvalue weighted by molar-refractivity contribution is -0.120. The average molecular weight is 287 g/mol. The van der Waals surface area contributed by atoms with Crippen molar-refractivity contribution in [2.45, 2.75) is 51.0 Å². The molecule has 7 heteroatoms. The van der Waals surface area contributed by atoms with Gasteiger partial charge in [0, 0.05) is 23.8 Å². The summed E-state index contributed by atoms with van der Waals surface area (Å²) in [6.07, 6.45) is 2.49. The van der Waals surface area contributed by atoms with Crippen molar-refractivity contribution < 1.29 is 13.5 Å². The van der Waals surface area contributed by atoms with E-state index in [0.717, 1.165) is 12.8 Å². The molecule has 0 saturated carbocycles. The van der Waals surface area contributed by atoms with Crippen molar-refractivity contribution in [1.29, 1.82) is 0 Å². The van der Waals surface area contributed by atoms with Crippen LogP contribution in [0.15, 0.2) is 4.52 Å². The maximum atomic E-state index is 12.0. The van der Waals surface area contributed by atoms with Crippen LogP contribution in [0, 0.1) is 0 Å². The van der Waals surface area contributed by atoms with E-state index in [2.05, 4.69) is 15.5 Å². The highest BCUT2D eigenvalue weighted by molar-refractivity contribution is 7.85. The third-order valence-electron chi connectivity index (χ3n) is 2.56. The summed E-state index contributed by atoms with van der Waals surface area (Å²) in [6, 6.07) is 0. The molecule has 1 aromatic rings. The Labute approximate surface area is 115 Å². The van der Waals surface area contributed by atoms with Crippen LogP contribution in [-0.4, -0.2) is 32.1 Å². The van der Waals surface area contributed by atoms with Crippen LogP contribution < -0.4 is 5.32 Å². The number of carbonyl (C=O) groups excluding carboxylic acids is 1. The van der Waals surface area contributed by atoms with E-state index in [9.17, 15) is 9.00 Å². The van der Waals surface area contributed by atoms with Gasteiger partial charge in [0.2, 0.25) is 11.8 Å². The first-order valence-corrected chi connectivity index (χ1v) is 7.93. The van der Waals surface area contributed by atoms with E-state index >= 15 is 0 Å². The number of rotatable bonds is 8. The van der Waals surface area contributed by atoms with E-state index in [0.29, 0.717) is 24.7 Å². The molecular weight excluding hydrogens is 266 g/mol. The van der Waals surface area contributed by atoms with Gasteiger partial charge < -0.3 is 9.84 Å². The predicted molar refractivity (Wildman–Crippen MR) is 72.9 cm³/mol. The van der Waals surface area contributed by atoms with Crippen LogP contribution in [0.2, 0.25) is 0 Å². The summed E-state index contributed by atoms with van der Waals surface area (Å²) in [6.45, 7) is 6.23. The monoisotopic (exact) mass is 287 g/mol. The van der Waals surface area contributed by atoms with Gasteiger partial charge in [-0.1, -0.05) is 19.0 Å². The summed E-state index contributed by atoms with van der Waals surface area (Å²) in [7, 11) is -1.34. The standard InChI is InChI=1S/C12H21N3O3S/c1-4-6-11-14-10(15-18-11)8-19(17)9(3)12(16)13-7-5-2/h9H,4-8H2,1-3H3,(H,13,16)/t9-,19-/m1/s1. The molecule has 0 aliphatic carbocycles. The number of aromatic nitrogens is 2. The van der Waals surface area contributed by atoms with Crippen molar-refractivity contribution >= 4 is 16.7 Å². The summed E-state index contributed by atoms with van der Waals surface area (Å²) < 4.78 is 17.0. The minimum Gasteiger partial charge on any atom is -0.355 e. The summed E-state index contributed by atoms with van der Waals surface area (Å²) in [5.74, 6) is 0.903. The minimum absolute atomic E-state index is 0.147. The number of amides is 1. The fraction of sp³-hybridized carbons (Fsp3) is 0.750. The van der Waals surface area contributed by atoms with Gasteiger partial charge in [0.15, 0.2) is 5.82 Å². The second-order valence-electron chi connectivity index (χ2n) is 4.31. The van der Waals surface area contributed by atoms with E-state index in [-0.39, 0.29) is 11.7 Å². The molecule has 1 aromatic heterocycles. The van der Waals surface area contributed by atoms with E-state index in [1.54, 1.807) is 6.92 Å². The summed E-state index contributed by atoms with van der Waals surface area (Å²) in [5, 5.41) is 5.93. The van der Waals surface area contributed by atoms with Crippen molar-refractivity contribution in [3.05, 3.63) is 11.7 Å². The number of hydrogen-bond donors (Lipinski definition) is 1. The average Bonchev–Trinajstić information content (AvgIpc) is 2.82. The van der Waals surface area contributed by atoms with Gasteiger partial charge in [0.1, 0.15) is 5.25 Å². The van der Waals surface area contributed by atoms with Gasteiger partial charge in [-0.25, -0.2) is 0 Å². The Morgan fingerprint density at radius 2 is 2.16 bits per heavy atom. The smallest absolute Gasteiger partial charge is 0.235 e. The van der Waals surface area contributed by atoms with Gasteiger partial charge in [-0.15, -0.1) is 0 Å². The zero-order chi connectivity index (χ0) is 14.3. The fourth-order valence-corrected chi connectivity index (χ4v) is 2.37. The SMILES string of the molecule is CCCNC(=O)[C@@H](C)[S@](=O)Cc1noc(CCC)n1. The summed E-state index contributed by atoms with van der Waals surface area (Å²) in [5.41, 5.74) is 0. The molecule has 0 radical (unpaired) electrons. The van der Waals surface area contributed by atoms with Gasteiger partial charge in [-0.3, -0.25) is 9.00 Å². The van der Waals surface area contributed by atoms with Crippen molar-refractivity contribution in [3.63, 3.8) is 0 Å². The Morgan fingerprint density at radius 1 is 1.42 bits per heavy atom. The van der Waals surface area contributed by atoms with E-state index in [1.165, 1.54) is 0 Å². The molecule has 1 heterocycles. The Morgan fingerprint density at radius 3 is 2.79 bits per heavy atom. The highest BCUT2D eigenvalue weighted by atomic mass is 32.2. The van der Waals surface area contributed by atoms with Crippen LogP contribution in [0.1, 0.15) is 45.3 Å². The fourth-order valence-electron chi connectivity index (χ4n) is 1.43. The molecule has 2 atom stereocenters. The minimum atomic E-state index is -1.34. The Bertz CT molecular complexity index is 434. The van der Waals surface area contributed by atoms with Crippen LogP contribution in [0.25, 0.3) is 0 Å². The number of aryl methyl sites for hydroxylation is 1. The molecule has 6 nitrogen and oxygen atoms in total. The summed E-state index contributed by atoms with van der Waals surface area (Å²) >= 11 is 0. The first-order valence-electron chi connectivity index (χ1n) is 6.54. The van der Waals surface area contributed by atoms with Crippen LogP contribution in [0.5, 0.6) is 0 Å². The third kappa shape index (κ3) is 5.10. The van der Waals surface area contributed by atoms with Crippen molar-refractivity contribution in [2.75, 3.05) is 6.54 Å². The van der Waals surface area contributed by atoms with Gasteiger partial charge in [0.05, 0.1) is 5.75 Å². The maximum Gasteiger partial charge on any atom is 0.235 e. The van der Waals surface area contributed by atoms with Crippen LogP contribution in [0.3, 0.4) is 0 Å². The molecule has 0 fully saturated rings. The highest BCUT2D eigenvalue weighted by Gasteiger charge is 2.21. The largest absolute Gasteiger partial charge is 0.355 e. The molecule has 1 amide bonds. The third-order valence-corrected chi connectivity index (χ3v) is 4.10. The van der Waals surface area contributed by atoms with E-state index in [1.807, 2.05) is 13.8 Å². The lowest BCUT2D eigenvalue weighted by Crippen LogP contribution is -2.36. The van der Waals surface area contributed by atoms with E-state index in [4.69, 9.17) is 4.52 Å². The predicted octanol–water partition coefficient (Wildman–Crippen LogP) is 1.19. The molecule has 0 spiro atoms. The zero-order valence-corrected chi connectivity index (χ0v) is 12.5. The molecule has 0 aromatic carbocycles. The Kier molecular flexibility index (Phi) is 6.69. The Balaban J connectivity index is 2.50. The van der Waals surface area contributed by atoms with Gasteiger partial charge in [-0.2, -0.15) is 4.98 Å². The maximum absolute atomic E-state index is 12.0.